The smallest absolute Gasteiger partial charge is 0.264 e. The monoisotopic (exact) mass is 816 g/mol. The summed E-state index contributed by atoms with van der Waals surface area (Å²) in [5.41, 5.74) is 2.97. The first-order chi connectivity index (χ1) is 29.2. The van der Waals surface area contributed by atoms with Gasteiger partial charge in [-0.2, -0.15) is 0 Å². The third kappa shape index (κ3) is 9.36. The molecule has 17 heteroatoms. The molecule has 1 aromatic carbocycles. The number of aromatic nitrogens is 3. The van der Waals surface area contributed by atoms with E-state index < -0.39 is 29.7 Å². The van der Waals surface area contributed by atoms with Gasteiger partial charge >= 0.3 is 0 Å². The Morgan fingerprint density at radius 2 is 1.63 bits per heavy atom. The molecule has 17 nitrogen and oxygen atoms in total. The number of pyridine rings is 3. The molecule has 8 rings (SSSR count). The van der Waals surface area contributed by atoms with E-state index in [0.717, 1.165) is 34.3 Å². The highest BCUT2D eigenvalue weighted by molar-refractivity contribution is 6.25. The number of benzene rings is 1. The van der Waals surface area contributed by atoms with E-state index in [1.54, 1.807) is 36.8 Å². The van der Waals surface area contributed by atoms with Crippen molar-refractivity contribution in [2.45, 2.75) is 82.3 Å². The first-order valence-electron chi connectivity index (χ1n) is 20.7. The predicted molar refractivity (Wildman–Crippen MR) is 222 cm³/mol. The van der Waals surface area contributed by atoms with Crippen molar-refractivity contribution in [1.82, 2.24) is 35.8 Å². The third-order valence-corrected chi connectivity index (χ3v) is 11.3. The number of hydrogen-bond acceptors (Lipinski definition) is 13. The molecule has 2 aliphatic carbocycles. The van der Waals surface area contributed by atoms with Crippen molar-refractivity contribution >= 4 is 69.4 Å². The minimum Gasteiger partial charge on any atom is -0.384 e. The molecule has 1 unspecified atom stereocenters. The molecule has 0 spiro atoms. The number of nitrogens with one attached hydrogen (secondary N) is 6. The number of imide groups is 2. The molecule has 4 aliphatic rings. The fourth-order valence-electron chi connectivity index (χ4n) is 7.89. The van der Waals surface area contributed by atoms with Crippen LogP contribution in [0.15, 0.2) is 61.1 Å². The Morgan fingerprint density at radius 3 is 2.43 bits per heavy atom. The second-order valence-electron chi connectivity index (χ2n) is 15.7. The minimum absolute atomic E-state index is 0.0179. The maximum Gasteiger partial charge on any atom is 0.264 e. The van der Waals surface area contributed by atoms with Gasteiger partial charge in [-0.1, -0.05) is 6.07 Å². The summed E-state index contributed by atoms with van der Waals surface area (Å²) in [4.78, 5) is 91.0. The van der Waals surface area contributed by atoms with Crippen LogP contribution in [-0.4, -0.2) is 99.7 Å². The maximum atomic E-state index is 13.5. The summed E-state index contributed by atoms with van der Waals surface area (Å²) in [6, 6.07) is 11.7. The molecular weight excluding hydrogens is 769 g/mol. The summed E-state index contributed by atoms with van der Waals surface area (Å²) in [5, 5.41) is 19.3. The third-order valence-electron chi connectivity index (χ3n) is 11.3. The molecule has 5 heterocycles. The van der Waals surface area contributed by atoms with Crippen molar-refractivity contribution in [1.29, 1.82) is 0 Å². The predicted octanol–water partition coefficient (Wildman–Crippen LogP) is 4.06. The molecule has 1 saturated heterocycles. The number of carbonyl (C=O) groups is 6. The van der Waals surface area contributed by atoms with E-state index in [9.17, 15) is 28.8 Å². The van der Waals surface area contributed by atoms with Gasteiger partial charge in [0.2, 0.25) is 17.7 Å². The van der Waals surface area contributed by atoms with Gasteiger partial charge in [-0.15, -0.1) is 0 Å². The van der Waals surface area contributed by atoms with Crippen molar-refractivity contribution < 1.29 is 33.5 Å². The van der Waals surface area contributed by atoms with Crippen LogP contribution in [0.5, 0.6) is 0 Å². The first kappa shape index (κ1) is 40.3. The molecule has 3 fully saturated rings. The summed E-state index contributed by atoms with van der Waals surface area (Å²) < 4.78 is 5.76. The number of carbonyl (C=O) groups excluding carboxylic acids is 6. The van der Waals surface area contributed by atoms with E-state index in [0.29, 0.717) is 93.8 Å². The largest absolute Gasteiger partial charge is 0.384 e. The average molecular weight is 817 g/mol. The lowest BCUT2D eigenvalue weighted by Crippen LogP contribution is -2.54. The highest BCUT2D eigenvalue weighted by atomic mass is 16.5. The topological polar surface area (TPSA) is 226 Å². The van der Waals surface area contributed by atoms with E-state index in [1.807, 2.05) is 24.3 Å². The molecular formula is C43H48N10O7. The number of fused-ring (bicyclic) bond motifs is 2. The zero-order valence-corrected chi connectivity index (χ0v) is 33.1. The highest BCUT2D eigenvalue weighted by Crippen LogP contribution is 2.33. The average Bonchev–Trinajstić information content (AvgIpc) is 4.03. The Morgan fingerprint density at radius 1 is 0.833 bits per heavy atom. The van der Waals surface area contributed by atoms with Gasteiger partial charge in [0, 0.05) is 86.5 Å². The standard InChI is InChI=1S/C43H48N10O7/c54-37-15-13-34(41(57)52-37)53-42(58)29-4-1-5-32(38(29)43(53)59)45-17-2-20-60-21-3-18-46-39(55)25-6-9-28(10-7-25)49-40(56)30-24-47-36(22-33(30)48-27-11-12-27)51-35-14-8-26-23-44-19-16-31(26)50-35/h1,4-5,8,14,16,19,22-25,27-28,34,45H,2-3,6-7,9-13,15,17-18,20-21H2,(H,46,55)(H,49,56)(H,52,54,57)(H2,47,48,50,51). The van der Waals surface area contributed by atoms with E-state index in [2.05, 4.69) is 46.9 Å². The van der Waals surface area contributed by atoms with Crippen LogP contribution >= 0.6 is 0 Å². The lowest BCUT2D eigenvalue weighted by molar-refractivity contribution is -0.136. The summed E-state index contributed by atoms with van der Waals surface area (Å²) in [5.74, 6) is -1.22. The minimum atomic E-state index is -1.02. The van der Waals surface area contributed by atoms with Crippen LogP contribution in [0.3, 0.4) is 0 Å². The molecule has 2 saturated carbocycles. The van der Waals surface area contributed by atoms with Crippen molar-refractivity contribution in [3.63, 3.8) is 0 Å². The lowest BCUT2D eigenvalue weighted by Gasteiger charge is -2.28. The van der Waals surface area contributed by atoms with Gasteiger partial charge < -0.3 is 31.3 Å². The van der Waals surface area contributed by atoms with Gasteiger partial charge in [0.05, 0.1) is 27.9 Å². The molecule has 1 atom stereocenters. The van der Waals surface area contributed by atoms with E-state index >= 15 is 0 Å². The summed E-state index contributed by atoms with van der Waals surface area (Å²) in [6.45, 7) is 1.90. The first-order valence-corrected chi connectivity index (χ1v) is 20.7. The second kappa shape index (κ2) is 18.2. The normalized spacial score (nSPS) is 20.1. The number of anilines is 4. The second-order valence-corrected chi connectivity index (χ2v) is 15.7. The molecule has 312 valence electrons. The van der Waals surface area contributed by atoms with Gasteiger partial charge in [0.25, 0.3) is 17.7 Å². The zero-order chi connectivity index (χ0) is 41.6. The number of hydrogen-bond donors (Lipinski definition) is 6. The molecule has 60 heavy (non-hydrogen) atoms. The van der Waals surface area contributed by atoms with Crippen molar-refractivity contribution in [2.75, 3.05) is 42.3 Å². The molecule has 0 radical (unpaired) electrons. The van der Waals surface area contributed by atoms with Crippen LogP contribution in [0.25, 0.3) is 10.9 Å². The number of nitrogens with zero attached hydrogens (tertiary/aromatic N) is 4. The number of ether oxygens (including phenoxy) is 1. The van der Waals surface area contributed by atoms with Crippen molar-refractivity contribution in [2.24, 2.45) is 5.92 Å². The molecule has 0 bridgehead atoms. The Balaban J connectivity index is 0.716. The van der Waals surface area contributed by atoms with Crippen LogP contribution in [0.2, 0.25) is 0 Å². The Labute approximate surface area is 346 Å². The highest BCUT2D eigenvalue weighted by Gasteiger charge is 2.45. The van der Waals surface area contributed by atoms with Crippen LogP contribution in [0, 0.1) is 5.92 Å². The molecule has 2 aliphatic heterocycles. The van der Waals surface area contributed by atoms with Gasteiger partial charge in [-0.25, -0.2) is 9.97 Å². The van der Waals surface area contributed by atoms with Gasteiger partial charge in [0.1, 0.15) is 17.7 Å². The van der Waals surface area contributed by atoms with E-state index in [4.69, 9.17) is 4.74 Å². The fourth-order valence-corrected chi connectivity index (χ4v) is 7.89. The van der Waals surface area contributed by atoms with Crippen LogP contribution in [0.4, 0.5) is 23.0 Å². The van der Waals surface area contributed by atoms with E-state index in [1.165, 1.54) is 0 Å². The van der Waals surface area contributed by atoms with Crippen LogP contribution in [-0.2, 0) is 19.1 Å². The van der Waals surface area contributed by atoms with Crippen molar-refractivity contribution in [3.8, 4) is 0 Å². The molecule has 3 aromatic heterocycles. The Bertz CT molecular complexity index is 2310. The zero-order valence-electron chi connectivity index (χ0n) is 33.1. The number of amides is 6. The van der Waals surface area contributed by atoms with Gasteiger partial charge in [-0.05, 0) is 88.1 Å². The van der Waals surface area contributed by atoms with E-state index in [-0.39, 0.29) is 47.7 Å². The van der Waals surface area contributed by atoms with Gasteiger partial charge in [-0.3, -0.25) is 44.0 Å². The quantitative estimate of drug-likeness (QED) is 0.0654. The Kier molecular flexibility index (Phi) is 12.2. The summed E-state index contributed by atoms with van der Waals surface area (Å²) >= 11 is 0. The number of rotatable bonds is 17. The fraction of sp³-hybridized carbons (Fsp3) is 0.419. The maximum absolute atomic E-state index is 13.5. The number of piperidine rings is 1. The van der Waals surface area contributed by atoms with Crippen molar-refractivity contribution in [3.05, 3.63) is 77.7 Å². The SMILES string of the molecule is O=C1CCC(N2C(=O)c3cccc(NCCCOCCCNC(=O)C4CCC(NC(=O)c5cnc(Nc6ccc7cnccc7n6)cc5NC5CC5)CC4)c3C2=O)C(=O)N1. The summed E-state index contributed by atoms with van der Waals surface area (Å²) in [7, 11) is 0. The Hall–Kier alpha value is -6.49. The summed E-state index contributed by atoms with van der Waals surface area (Å²) in [6.07, 6.45) is 11.4. The van der Waals surface area contributed by atoms with Crippen LogP contribution in [0.1, 0.15) is 95.3 Å². The van der Waals surface area contributed by atoms with Crippen LogP contribution < -0.4 is 31.9 Å². The molecule has 6 N–H and O–H groups in total. The van der Waals surface area contributed by atoms with Gasteiger partial charge in [0.15, 0.2) is 0 Å². The molecule has 6 amide bonds. The lowest BCUT2D eigenvalue weighted by atomic mass is 9.85. The molecule has 4 aromatic rings.